The molecule has 10 heteroatoms. The third kappa shape index (κ3) is 6.40. The van der Waals surface area contributed by atoms with Gasteiger partial charge >= 0.3 is 5.97 Å². The van der Waals surface area contributed by atoms with Gasteiger partial charge < -0.3 is 29.4 Å². The third-order valence-corrected chi connectivity index (χ3v) is 5.80. The van der Waals surface area contributed by atoms with Crippen LogP contribution < -0.4 is 14.8 Å². The van der Waals surface area contributed by atoms with E-state index in [-0.39, 0.29) is 23.0 Å². The predicted octanol–water partition coefficient (Wildman–Crippen LogP) is 2.45. The molecule has 35 heavy (non-hydrogen) atoms. The highest BCUT2D eigenvalue weighted by Gasteiger charge is 2.28. The van der Waals surface area contributed by atoms with Gasteiger partial charge in [0, 0.05) is 36.5 Å². The molecule has 2 N–H and O–H groups in total. The van der Waals surface area contributed by atoms with E-state index < -0.39 is 30.3 Å². The molecule has 1 fully saturated rings. The summed E-state index contributed by atoms with van der Waals surface area (Å²) in [5, 5.41) is 2.66. The normalized spacial score (nSPS) is 13.9. The average molecular weight is 486 g/mol. The molecule has 188 valence electrons. The summed E-state index contributed by atoms with van der Waals surface area (Å²) in [6.07, 6.45) is 3.36. The number of ether oxygens (including phenoxy) is 3. The Morgan fingerprint density at radius 3 is 2.17 bits per heavy atom. The lowest BCUT2D eigenvalue weighted by molar-refractivity contribution is -0.145. The van der Waals surface area contributed by atoms with Crippen LogP contribution in [0.2, 0.25) is 0 Å². The second-order valence-electron chi connectivity index (χ2n) is 8.63. The number of aromatic amines is 1. The lowest BCUT2D eigenvalue weighted by Gasteiger charge is -2.21. The number of likely N-dealkylation sites (tertiary alicyclic amines) is 1. The van der Waals surface area contributed by atoms with Crippen molar-refractivity contribution in [1.82, 2.24) is 15.2 Å². The van der Waals surface area contributed by atoms with Gasteiger partial charge in [-0.2, -0.15) is 0 Å². The molecule has 10 nitrogen and oxygen atoms in total. The number of hydrogen-bond acceptors (Lipinski definition) is 7. The SMILES string of the molecule is COc1cc(OC)cc(C(=O)N[C@H](C(=O)OCC(=O)c2c[nH]c(C(=O)N3CCCC3)c2)C(C)C)c1. The number of carbonyl (C=O) groups excluding carboxylic acids is 4. The van der Waals surface area contributed by atoms with Gasteiger partial charge in [-0.25, -0.2) is 4.79 Å². The number of rotatable bonds is 10. The van der Waals surface area contributed by atoms with E-state index in [2.05, 4.69) is 10.3 Å². The van der Waals surface area contributed by atoms with E-state index in [1.54, 1.807) is 24.8 Å². The summed E-state index contributed by atoms with van der Waals surface area (Å²) in [6.45, 7) is 4.39. The number of nitrogens with zero attached hydrogens (tertiary/aromatic N) is 1. The van der Waals surface area contributed by atoms with Crippen LogP contribution in [0.15, 0.2) is 30.5 Å². The van der Waals surface area contributed by atoms with E-state index in [0.29, 0.717) is 30.3 Å². The van der Waals surface area contributed by atoms with Crippen LogP contribution in [-0.2, 0) is 9.53 Å². The van der Waals surface area contributed by atoms with Crippen LogP contribution in [0.5, 0.6) is 11.5 Å². The Bertz CT molecular complexity index is 1060. The molecule has 3 rings (SSSR count). The summed E-state index contributed by atoms with van der Waals surface area (Å²) in [5.41, 5.74) is 0.815. The van der Waals surface area contributed by atoms with Crippen LogP contribution in [0.3, 0.4) is 0 Å². The molecule has 1 aliphatic heterocycles. The molecule has 1 saturated heterocycles. The lowest BCUT2D eigenvalue weighted by Crippen LogP contribution is -2.45. The first kappa shape index (κ1) is 25.8. The molecule has 0 bridgehead atoms. The lowest BCUT2D eigenvalue weighted by atomic mass is 10.0. The van der Waals surface area contributed by atoms with Crippen LogP contribution in [0, 0.1) is 5.92 Å². The molecule has 1 atom stereocenters. The smallest absolute Gasteiger partial charge is 0.329 e. The monoisotopic (exact) mass is 485 g/mol. The number of ketones is 1. The van der Waals surface area contributed by atoms with Gasteiger partial charge in [0.2, 0.25) is 5.78 Å². The molecule has 1 aromatic heterocycles. The number of carbonyl (C=O) groups is 4. The molecule has 2 heterocycles. The van der Waals surface area contributed by atoms with Gasteiger partial charge in [-0.05, 0) is 37.0 Å². The van der Waals surface area contributed by atoms with Gasteiger partial charge in [0.1, 0.15) is 23.2 Å². The van der Waals surface area contributed by atoms with Crippen LogP contribution in [0.1, 0.15) is 57.9 Å². The quantitative estimate of drug-likeness (QED) is 0.391. The van der Waals surface area contributed by atoms with Crippen LogP contribution in [0.4, 0.5) is 0 Å². The third-order valence-electron chi connectivity index (χ3n) is 5.80. The number of methoxy groups -OCH3 is 2. The molecule has 1 aliphatic rings. The van der Waals surface area contributed by atoms with Gasteiger partial charge in [-0.15, -0.1) is 0 Å². The number of benzene rings is 1. The fourth-order valence-corrected chi connectivity index (χ4v) is 3.74. The van der Waals surface area contributed by atoms with Crippen LogP contribution in [0.25, 0.3) is 0 Å². The fourth-order valence-electron chi connectivity index (χ4n) is 3.74. The number of amides is 2. The molecule has 2 aromatic rings. The Hall–Kier alpha value is -3.82. The minimum Gasteiger partial charge on any atom is -0.497 e. The number of nitrogens with one attached hydrogen (secondary N) is 2. The Kier molecular flexibility index (Phi) is 8.51. The maximum Gasteiger partial charge on any atom is 0.329 e. The molecule has 0 radical (unpaired) electrons. The predicted molar refractivity (Wildman–Crippen MR) is 127 cm³/mol. The van der Waals surface area contributed by atoms with Gasteiger partial charge in [-0.1, -0.05) is 13.8 Å². The van der Waals surface area contributed by atoms with Gasteiger partial charge in [-0.3, -0.25) is 14.4 Å². The number of aromatic nitrogens is 1. The summed E-state index contributed by atoms with van der Waals surface area (Å²) >= 11 is 0. The first-order valence-electron chi connectivity index (χ1n) is 11.4. The summed E-state index contributed by atoms with van der Waals surface area (Å²) in [4.78, 5) is 55.1. The molecule has 1 aromatic carbocycles. The highest BCUT2D eigenvalue weighted by atomic mass is 16.5. The standard InChI is InChI=1S/C25H31N3O7/c1-15(2)22(27-23(30)16-9-18(33-3)12-19(10-16)34-4)25(32)35-14-21(29)17-11-20(26-13-17)24(31)28-7-5-6-8-28/h9-13,15,22,26H,5-8,14H2,1-4H3,(H,27,30)/t22-/m0/s1. The van der Waals surface area contributed by atoms with Crippen molar-refractivity contribution >= 4 is 23.6 Å². The van der Waals surface area contributed by atoms with E-state index in [1.165, 1.54) is 38.6 Å². The molecule has 2 amide bonds. The fraction of sp³-hybridized carbons (Fsp3) is 0.440. The number of H-pyrrole nitrogens is 1. The summed E-state index contributed by atoms with van der Waals surface area (Å²) in [5.74, 6) is -1.31. The zero-order valence-corrected chi connectivity index (χ0v) is 20.4. The Morgan fingerprint density at radius 2 is 1.60 bits per heavy atom. The van der Waals surface area contributed by atoms with Crippen molar-refractivity contribution in [2.75, 3.05) is 33.9 Å². The highest BCUT2D eigenvalue weighted by Crippen LogP contribution is 2.23. The van der Waals surface area contributed by atoms with Crippen molar-refractivity contribution in [1.29, 1.82) is 0 Å². The Morgan fingerprint density at radius 1 is 0.971 bits per heavy atom. The largest absolute Gasteiger partial charge is 0.497 e. The maximum atomic E-state index is 12.8. The molecule has 0 unspecified atom stereocenters. The van der Waals surface area contributed by atoms with Crippen LogP contribution in [-0.4, -0.2) is 73.4 Å². The minimum atomic E-state index is -0.981. The number of Topliss-reactive ketones (excluding diaryl/α,β-unsaturated/α-hetero) is 1. The van der Waals surface area contributed by atoms with Crippen molar-refractivity contribution in [2.24, 2.45) is 5.92 Å². The molecular formula is C25H31N3O7. The van der Waals surface area contributed by atoms with Gasteiger partial charge in [0.15, 0.2) is 6.61 Å². The van der Waals surface area contributed by atoms with Crippen molar-refractivity contribution in [3.63, 3.8) is 0 Å². The number of esters is 1. The van der Waals surface area contributed by atoms with E-state index >= 15 is 0 Å². The average Bonchev–Trinajstić information content (AvgIpc) is 3.57. The number of hydrogen-bond donors (Lipinski definition) is 2. The molecule has 0 aliphatic carbocycles. The zero-order chi connectivity index (χ0) is 25.5. The van der Waals surface area contributed by atoms with Crippen molar-refractivity contribution in [3.8, 4) is 11.5 Å². The Labute approximate surface area is 203 Å². The Balaban J connectivity index is 1.60. The molecular weight excluding hydrogens is 454 g/mol. The summed E-state index contributed by atoms with van der Waals surface area (Å²) in [7, 11) is 2.94. The van der Waals surface area contributed by atoms with E-state index in [1.807, 2.05) is 0 Å². The first-order valence-corrected chi connectivity index (χ1v) is 11.4. The van der Waals surface area contributed by atoms with Crippen LogP contribution >= 0.6 is 0 Å². The van der Waals surface area contributed by atoms with Crippen molar-refractivity contribution in [3.05, 3.63) is 47.3 Å². The van der Waals surface area contributed by atoms with E-state index in [4.69, 9.17) is 14.2 Å². The molecule has 0 spiro atoms. The first-order chi connectivity index (χ1) is 16.7. The van der Waals surface area contributed by atoms with Crippen molar-refractivity contribution < 1.29 is 33.4 Å². The zero-order valence-electron chi connectivity index (χ0n) is 20.4. The second-order valence-corrected chi connectivity index (χ2v) is 8.63. The summed E-state index contributed by atoms with van der Waals surface area (Å²) < 4.78 is 15.6. The van der Waals surface area contributed by atoms with Gasteiger partial charge in [0.25, 0.3) is 11.8 Å². The topological polar surface area (TPSA) is 127 Å². The minimum absolute atomic E-state index is 0.157. The highest BCUT2D eigenvalue weighted by molar-refractivity contribution is 6.02. The molecule has 0 saturated carbocycles. The second kappa shape index (κ2) is 11.5. The van der Waals surface area contributed by atoms with E-state index in [0.717, 1.165) is 12.8 Å². The van der Waals surface area contributed by atoms with E-state index in [9.17, 15) is 19.2 Å². The summed E-state index contributed by atoms with van der Waals surface area (Å²) in [6, 6.07) is 5.16. The maximum absolute atomic E-state index is 12.8. The van der Waals surface area contributed by atoms with Crippen molar-refractivity contribution in [2.45, 2.75) is 32.7 Å². The van der Waals surface area contributed by atoms with Gasteiger partial charge in [0.05, 0.1) is 14.2 Å².